The average Bonchev–Trinajstić information content (AvgIpc) is 2.66. The predicted molar refractivity (Wildman–Crippen MR) is 102 cm³/mol. The fourth-order valence-electron chi connectivity index (χ4n) is 5.86. The molecule has 0 spiro atoms. The maximum Gasteiger partial charge on any atom is 0.130 e. The van der Waals surface area contributed by atoms with Gasteiger partial charge in [-0.3, -0.25) is 0 Å². The summed E-state index contributed by atoms with van der Waals surface area (Å²) in [6, 6.07) is 13.8. The average molecular weight is 333 g/mol. The number of hydrogen-bond donors (Lipinski definition) is 1. The van der Waals surface area contributed by atoms with E-state index >= 15 is 0 Å². The fourth-order valence-corrected chi connectivity index (χ4v) is 5.86. The number of aromatic nitrogens is 1. The van der Waals surface area contributed by atoms with Gasteiger partial charge >= 0.3 is 0 Å². The van der Waals surface area contributed by atoms with Crippen molar-refractivity contribution < 1.29 is 0 Å². The zero-order chi connectivity index (χ0) is 16.9. The highest BCUT2D eigenvalue weighted by Gasteiger charge is 2.52. The van der Waals surface area contributed by atoms with Crippen LogP contribution in [0.3, 0.4) is 0 Å². The smallest absolute Gasteiger partial charge is 0.130 e. The molecule has 0 amide bonds. The Morgan fingerprint density at radius 3 is 3.00 bits per heavy atom. The summed E-state index contributed by atoms with van der Waals surface area (Å²) in [5.74, 6) is 1.77. The van der Waals surface area contributed by atoms with Gasteiger partial charge in [0.25, 0.3) is 0 Å². The standard InChI is InChI=1S/C22H27N3/c1-25-13-11-22-10-4-2-6-18(22)20(25)14-16-8-9-17(15-19(16)22)24-21-7-3-5-12-23-21/h3,5,7-9,12,15,18,20H,2,4,6,10-11,13-14H2,1H3,(H,23,24)/t18-,20+,22+/m0/s1. The second-order valence-corrected chi connectivity index (χ2v) is 8.22. The van der Waals surface area contributed by atoms with Gasteiger partial charge < -0.3 is 10.2 Å². The van der Waals surface area contributed by atoms with Gasteiger partial charge in [-0.05, 0) is 80.6 Å². The molecule has 3 aliphatic rings. The zero-order valence-electron chi connectivity index (χ0n) is 15.0. The summed E-state index contributed by atoms with van der Waals surface area (Å²) in [7, 11) is 2.34. The van der Waals surface area contributed by atoms with Gasteiger partial charge in [-0.25, -0.2) is 4.98 Å². The fraction of sp³-hybridized carbons (Fsp3) is 0.500. The summed E-state index contributed by atoms with van der Waals surface area (Å²) >= 11 is 0. The summed E-state index contributed by atoms with van der Waals surface area (Å²) in [6.07, 6.45) is 9.99. The van der Waals surface area contributed by atoms with E-state index in [1.54, 1.807) is 11.1 Å². The minimum atomic E-state index is 0.421. The molecule has 2 aliphatic carbocycles. The lowest BCUT2D eigenvalue weighted by Crippen LogP contribution is -2.59. The van der Waals surface area contributed by atoms with Crippen LogP contribution < -0.4 is 5.32 Å². The van der Waals surface area contributed by atoms with Crippen LogP contribution in [0.4, 0.5) is 11.5 Å². The van der Waals surface area contributed by atoms with Gasteiger partial charge in [0.2, 0.25) is 0 Å². The number of likely N-dealkylation sites (N-methyl/N-ethyl adjacent to an activating group) is 1. The van der Waals surface area contributed by atoms with Crippen LogP contribution in [0.15, 0.2) is 42.6 Å². The van der Waals surface area contributed by atoms with Crippen LogP contribution in [0.25, 0.3) is 0 Å². The summed E-state index contributed by atoms with van der Waals surface area (Å²) in [4.78, 5) is 7.06. The molecule has 3 nitrogen and oxygen atoms in total. The van der Waals surface area contributed by atoms with Crippen LogP contribution in [0.2, 0.25) is 0 Å². The quantitative estimate of drug-likeness (QED) is 0.876. The first kappa shape index (κ1) is 15.4. The molecule has 1 saturated heterocycles. The molecule has 1 N–H and O–H groups in total. The topological polar surface area (TPSA) is 28.2 Å². The Bertz CT molecular complexity index is 772. The number of benzene rings is 1. The Morgan fingerprint density at radius 2 is 2.12 bits per heavy atom. The Hall–Kier alpha value is -1.87. The van der Waals surface area contributed by atoms with E-state index in [2.05, 4.69) is 40.4 Å². The third-order valence-electron chi connectivity index (χ3n) is 7.05. The van der Waals surface area contributed by atoms with Crippen LogP contribution in [0.5, 0.6) is 0 Å². The molecule has 1 saturated carbocycles. The van der Waals surface area contributed by atoms with E-state index in [1.165, 1.54) is 50.8 Å². The van der Waals surface area contributed by atoms with Crippen LogP contribution in [-0.4, -0.2) is 29.5 Å². The van der Waals surface area contributed by atoms with Crippen molar-refractivity contribution in [3.05, 3.63) is 53.7 Å². The minimum Gasteiger partial charge on any atom is -0.340 e. The van der Waals surface area contributed by atoms with Crippen molar-refractivity contribution in [1.82, 2.24) is 9.88 Å². The Morgan fingerprint density at radius 1 is 1.16 bits per heavy atom. The molecule has 1 aromatic heterocycles. The van der Waals surface area contributed by atoms with E-state index < -0.39 is 0 Å². The molecule has 1 aromatic carbocycles. The zero-order valence-corrected chi connectivity index (χ0v) is 15.0. The first-order chi connectivity index (χ1) is 12.3. The summed E-state index contributed by atoms with van der Waals surface area (Å²) in [6.45, 7) is 1.25. The number of rotatable bonds is 2. The van der Waals surface area contributed by atoms with Crippen LogP contribution in [0, 0.1) is 5.92 Å². The van der Waals surface area contributed by atoms with E-state index in [-0.39, 0.29) is 0 Å². The van der Waals surface area contributed by atoms with Gasteiger partial charge in [-0.15, -0.1) is 0 Å². The normalized spacial score (nSPS) is 31.1. The number of anilines is 2. The number of likely N-dealkylation sites (tertiary alicyclic amines) is 1. The largest absolute Gasteiger partial charge is 0.340 e. The molecule has 5 rings (SSSR count). The molecule has 2 heterocycles. The third kappa shape index (κ3) is 2.40. The van der Waals surface area contributed by atoms with Gasteiger partial charge in [-0.1, -0.05) is 25.0 Å². The van der Waals surface area contributed by atoms with Crippen LogP contribution >= 0.6 is 0 Å². The van der Waals surface area contributed by atoms with E-state index in [4.69, 9.17) is 0 Å². The number of piperidine rings is 1. The molecule has 3 heteroatoms. The molecule has 3 atom stereocenters. The van der Waals surface area contributed by atoms with Gasteiger partial charge in [-0.2, -0.15) is 0 Å². The van der Waals surface area contributed by atoms with E-state index in [0.29, 0.717) is 5.41 Å². The number of nitrogens with one attached hydrogen (secondary N) is 1. The lowest BCUT2D eigenvalue weighted by Gasteiger charge is -2.58. The summed E-state index contributed by atoms with van der Waals surface area (Å²) in [5, 5.41) is 3.51. The Labute approximate surface area is 150 Å². The predicted octanol–water partition coefficient (Wildman–Crippen LogP) is 4.51. The lowest BCUT2D eigenvalue weighted by molar-refractivity contribution is 0.00290. The number of nitrogens with zero attached hydrogens (tertiary/aromatic N) is 2. The van der Waals surface area contributed by atoms with E-state index in [0.717, 1.165) is 17.8 Å². The molecule has 0 radical (unpaired) electrons. The number of hydrogen-bond acceptors (Lipinski definition) is 3. The van der Waals surface area contributed by atoms with Crippen molar-refractivity contribution in [3.8, 4) is 0 Å². The lowest BCUT2D eigenvalue weighted by atomic mass is 9.52. The van der Waals surface area contributed by atoms with Crippen molar-refractivity contribution in [2.45, 2.75) is 50.0 Å². The van der Waals surface area contributed by atoms with Gasteiger partial charge in [0, 0.05) is 23.3 Å². The van der Waals surface area contributed by atoms with Gasteiger partial charge in [0.1, 0.15) is 5.82 Å². The maximum atomic E-state index is 4.42. The molecule has 1 aliphatic heterocycles. The van der Waals surface area contributed by atoms with E-state index in [9.17, 15) is 0 Å². The third-order valence-corrected chi connectivity index (χ3v) is 7.05. The minimum absolute atomic E-state index is 0.421. The molecule has 25 heavy (non-hydrogen) atoms. The van der Waals surface area contributed by atoms with Crippen molar-refractivity contribution in [2.75, 3.05) is 18.9 Å². The molecular formula is C22H27N3. The first-order valence-electron chi connectivity index (χ1n) is 9.78. The molecule has 130 valence electrons. The Kier molecular flexibility index (Phi) is 3.60. The highest BCUT2D eigenvalue weighted by Crippen LogP contribution is 2.55. The second kappa shape index (κ2) is 5.84. The molecule has 2 fully saturated rings. The summed E-state index contributed by atoms with van der Waals surface area (Å²) in [5.41, 5.74) is 4.84. The number of pyridine rings is 1. The van der Waals surface area contributed by atoms with Crippen molar-refractivity contribution in [2.24, 2.45) is 5.92 Å². The Balaban J connectivity index is 1.56. The molecule has 0 unspecified atom stereocenters. The van der Waals surface area contributed by atoms with Crippen molar-refractivity contribution in [1.29, 1.82) is 0 Å². The maximum absolute atomic E-state index is 4.42. The van der Waals surface area contributed by atoms with Crippen LogP contribution in [0.1, 0.15) is 43.2 Å². The van der Waals surface area contributed by atoms with Crippen molar-refractivity contribution >= 4 is 11.5 Å². The number of fused-ring (bicyclic) bond motifs is 1. The molecule has 2 aromatic rings. The second-order valence-electron chi connectivity index (χ2n) is 8.22. The van der Waals surface area contributed by atoms with Gasteiger partial charge in [0.05, 0.1) is 0 Å². The SMILES string of the molecule is CN1CC[C@]23CCCC[C@H]2[C@H]1Cc1ccc(Nc2ccccn2)cc13. The first-order valence-corrected chi connectivity index (χ1v) is 9.78. The summed E-state index contributed by atoms with van der Waals surface area (Å²) < 4.78 is 0. The monoisotopic (exact) mass is 333 g/mol. The highest BCUT2D eigenvalue weighted by atomic mass is 15.2. The molecular weight excluding hydrogens is 306 g/mol. The van der Waals surface area contributed by atoms with E-state index in [1.807, 2.05) is 24.4 Å². The van der Waals surface area contributed by atoms with Gasteiger partial charge in [0.15, 0.2) is 0 Å². The van der Waals surface area contributed by atoms with Crippen LogP contribution in [-0.2, 0) is 11.8 Å². The molecule has 2 bridgehead atoms. The highest BCUT2D eigenvalue weighted by molar-refractivity contribution is 5.60. The van der Waals surface area contributed by atoms with Crippen molar-refractivity contribution in [3.63, 3.8) is 0 Å².